The number of anilines is 1. The molecule has 0 saturated carbocycles. The smallest absolute Gasteiger partial charge is 0.276 e. The van der Waals surface area contributed by atoms with Crippen molar-refractivity contribution in [2.75, 3.05) is 18.4 Å². The molecule has 3 N–H and O–H groups in total. The summed E-state index contributed by atoms with van der Waals surface area (Å²) in [4.78, 5) is 33.1. The van der Waals surface area contributed by atoms with Crippen molar-refractivity contribution in [3.63, 3.8) is 0 Å². The van der Waals surface area contributed by atoms with Crippen molar-refractivity contribution >= 4 is 22.5 Å². The molecule has 10 heteroatoms. The van der Waals surface area contributed by atoms with Crippen molar-refractivity contribution in [1.82, 2.24) is 25.1 Å². The number of H-pyrrole nitrogens is 2. The maximum atomic E-state index is 13.4. The van der Waals surface area contributed by atoms with Crippen molar-refractivity contribution in [2.45, 2.75) is 25.3 Å². The number of carbonyl (C=O) groups is 1. The maximum Gasteiger partial charge on any atom is 0.276 e. The van der Waals surface area contributed by atoms with E-state index in [2.05, 4.69) is 25.5 Å². The number of hydrogen-bond donors (Lipinski definition) is 3. The van der Waals surface area contributed by atoms with Crippen LogP contribution in [0.3, 0.4) is 0 Å². The first-order chi connectivity index (χ1) is 16.4. The third-order valence-electron chi connectivity index (χ3n) is 5.93. The molecule has 1 aliphatic heterocycles. The average Bonchev–Trinajstić information content (AvgIpc) is 3.24. The van der Waals surface area contributed by atoms with Gasteiger partial charge in [-0.25, -0.2) is 8.78 Å². The van der Waals surface area contributed by atoms with Crippen molar-refractivity contribution in [3.8, 4) is 11.1 Å². The molecular weight excluding hydrogens is 442 g/mol. The van der Waals surface area contributed by atoms with Crippen molar-refractivity contribution < 1.29 is 13.6 Å². The minimum Gasteiger partial charge on any atom is -0.329 e. The van der Waals surface area contributed by atoms with Gasteiger partial charge in [0.05, 0.1) is 5.52 Å². The number of fused-ring (bicyclic) bond motifs is 1. The van der Waals surface area contributed by atoms with E-state index in [0.717, 1.165) is 16.7 Å². The molecule has 0 bridgehead atoms. The standard InChI is InChI=1S/C24H22F2N6O2/c25-24(26)4-7-32(8-5-24)14-15-9-17(13-27-12-15)16-1-2-20-19(10-16)22(31-30-20)23(34)29-18-3-6-28-21(33)11-18/h1-3,6,9-13H,4-5,7-8,14H2,(H,30,31)(H2,28,29,33,34). The van der Waals surface area contributed by atoms with Crippen molar-refractivity contribution in [1.29, 1.82) is 0 Å². The Bertz CT molecular complexity index is 1400. The highest BCUT2D eigenvalue weighted by atomic mass is 19.3. The number of benzene rings is 1. The summed E-state index contributed by atoms with van der Waals surface area (Å²) in [6, 6.07) is 10.5. The molecule has 0 aliphatic carbocycles. The number of nitrogens with one attached hydrogen (secondary N) is 3. The second-order valence-electron chi connectivity index (χ2n) is 8.44. The molecule has 8 nitrogen and oxygen atoms in total. The van der Waals surface area contributed by atoms with Crippen molar-refractivity contribution in [3.05, 3.63) is 76.6 Å². The summed E-state index contributed by atoms with van der Waals surface area (Å²) in [7, 11) is 0. The van der Waals surface area contributed by atoms with E-state index in [-0.39, 0.29) is 24.1 Å². The summed E-state index contributed by atoms with van der Waals surface area (Å²) < 4.78 is 26.9. The van der Waals surface area contributed by atoms with Crippen LogP contribution in [-0.2, 0) is 6.54 Å². The molecule has 1 fully saturated rings. The van der Waals surface area contributed by atoms with Crippen LogP contribution in [-0.4, -0.2) is 50.0 Å². The fraction of sp³-hybridized carbons (Fsp3) is 0.250. The van der Waals surface area contributed by atoms with Crippen LogP contribution in [0.4, 0.5) is 14.5 Å². The zero-order chi connectivity index (χ0) is 23.7. The largest absolute Gasteiger partial charge is 0.329 e. The quantitative estimate of drug-likeness (QED) is 0.417. The van der Waals surface area contributed by atoms with Gasteiger partial charge in [-0.05, 0) is 35.4 Å². The lowest BCUT2D eigenvalue weighted by Gasteiger charge is -2.31. The van der Waals surface area contributed by atoms with Gasteiger partial charge in [0.2, 0.25) is 5.56 Å². The summed E-state index contributed by atoms with van der Waals surface area (Å²) in [6.07, 6.45) is 4.67. The van der Waals surface area contributed by atoms with Gasteiger partial charge in [0.1, 0.15) is 0 Å². The van der Waals surface area contributed by atoms with E-state index in [4.69, 9.17) is 0 Å². The number of pyridine rings is 2. The molecular formula is C24H22F2N6O2. The number of alkyl halides is 2. The van der Waals surface area contributed by atoms with Gasteiger partial charge in [-0.3, -0.25) is 24.6 Å². The lowest BCUT2D eigenvalue weighted by Crippen LogP contribution is -2.38. The molecule has 3 aromatic heterocycles. The highest BCUT2D eigenvalue weighted by molar-refractivity contribution is 6.11. The molecule has 5 rings (SSSR count). The van der Waals surface area contributed by atoms with Crippen LogP contribution in [0.5, 0.6) is 0 Å². The Morgan fingerprint density at radius 3 is 2.71 bits per heavy atom. The van der Waals surface area contributed by atoms with Gasteiger partial charge in [-0.1, -0.05) is 6.07 Å². The number of piperidine rings is 1. The molecule has 0 unspecified atom stereocenters. The Kier molecular flexibility index (Phi) is 5.66. The fourth-order valence-electron chi connectivity index (χ4n) is 4.11. The topological polar surface area (TPSA) is 107 Å². The van der Waals surface area contributed by atoms with Gasteiger partial charge in [0.15, 0.2) is 5.69 Å². The predicted molar refractivity (Wildman–Crippen MR) is 124 cm³/mol. The van der Waals surface area contributed by atoms with Gasteiger partial charge in [-0.15, -0.1) is 0 Å². The fourth-order valence-corrected chi connectivity index (χ4v) is 4.11. The molecule has 4 heterocycles. The number of carbonyl (C=O) groups excluding carboxylic acids is 1. The molecule has 0 spiro atoms. The van der Waals surface area contributed by atoms with E-state index < -0.39 is 11.8 Å². The Balaban J connectivity index is 1.38. The van der Waals surface area contributed by atoms with E-state index in [9.17, 15) is 18.4 Å². The summed E-state index contributed by atoms with van der Waals surface area (Å²) in [5, 5.41) is 10.3. The van der Waals surface area contributed by atoms with Gasteiger partial charge in [-0.2, -0.15) is 5.10 Å². The van der Waals surface area contributed by atoms with E-state index in [1.54, 1.807) is 18.5 Å². The molecule has 4 aromatic rings. The number of amides is 1. The lowest BCUT2D eigenvalue weighted by molar-refractivity contribution is -0.0566. The molecule has 174 valence electrons. The van der Waals surface area contributed by atoms with Crippen LogP contribution in [0.1, 0.15) is 28.9 Å². The molecule has 1 saturated heterocycles. The summed E-state index contributed by atoms with van der Waals surface area (Å²) in [5.41, 5.74) is 3.57. The van der Waals surface area contributed by atoms with Gasteiger partial charge in [0, 0.05) is 73.8 Å². The summed E-state index contributed by atoms with van der Waals surface area (Å²) in [6.45, 7) is 1.25. The number of aromatic nitrogens is 4. The molecule has 1 aliphatic rings. The van der Waals surface area contributed by atoms with Gasteiger partial charge >= 0.3 is 0 Å². The van der Waals surface area contributed by atoms with Crippen LogP contribution in [0.15, 0.2) is 59.8 Å². The second kappa shape index (κ2) is 8.79. The third-order valence-corrected chi connectivity index (χ3v) is 5.93. The summed E-state index contributed by atoms with van der Waals surface area (Å²) >= 11 is 0. The number of nitrogens with zero attached hydrogens (tertiary/aromatic N) is 3. The first kappa shape index (κ1) is 21.9. The van der Waals surface area contributed by atoms with E-state index in [1.807, 2.05) is 29.2 Å². The van der Waals surface area contributed by atoms with Crippen LogP contribution in [0, 0.1) is 0 Å². The van der Waals surface area contributed by atoms with Gasteiger partial charge in [0.25, 0.3) is 11.8 Å². The molecule has 1 aromatic carbocycles. The average molecular weight is 464 g/mol. The van der Waals surface area contributed by atoms with Crippen LogP contribution in [0.2, 0.25) is 0 Å². The molecule has 34 heavy (non-hydrogen) atoms. The SMILES string of the molecule is O=C(Nc1cc[nH]c(=O)c1)c1n[nH]c2ccc(-c3cncc(CN4CCC(F)(F)CC4)c3)cc12. The molecule has 1 amide bonds. The van der Waals surface area contributed by atoms with Crippen molar-refractivity contribution in [2.24, 2.45) is 0 Å². The van der Waals surface area contributed by atoms with E-state index >= 15 is 0 Å². The number of halogens is 2. The molecule has 0 radical (unpaired) electrons. The lowest BCUT2D eigenvalue weighted by atomic mass is 10.0. The highest BCUT2D eigenvalue weighted by Crippen LogP contribution is 2.29. The number of likely N-dealkylation sites (tertiary alicyclic amines) is 1. The first-order valence-electron chi connectivity index (χ1n) is 10.9. The van der Waals surface area contributed by atoms with Crippen LogP contribution in [0.25, 0.3) is 22.0 Å². The van der Waals surface area contributed by atoms with Crippen LogP contribution >= 0.6 is 0 Å². The Morgan fingerprint density at radius 2 is 1.91 bits per heavy atom. The Morgan fingerprint density at radius 1 is 1.09 bits per heavy atom. The maximum absolute atomic E-state index is 13.4. The normalized spacial score (nSPS) is 15.9. The predicted octanol–water partition coefficient (Wildman–Crippen LogP) is 3.80. The number of aromatic amines is 2. The van der Waals surface area contributed by atoms with E-state index in [0.29, 0.717) is 36.2 Å². The first-order valence-corrected chi connectivity index (χ1v) is 10.9. The zero-order valence-corrected chi connectivity index (χ0v) is 18.1. The third kappa shape index (κ3) is 4.72. The number of rotatable bonds is 5. The minimum atomic E-state index is -2.57. The monoisotopic (exact) mass is 464 g/mol. The summed E-state index contributed by atoms with van der Waals surface area (Å²) in [5.74, 6) is -3.01. The van der Waals surface area contributed by atoms with Crippen LogP contribution < -0.4 is 10.9 Å². The number of hydrogen-bond acceptors (Lipinski definition) is 5. The highest BCUT2D eigenvalue weighted by Gasteiger charge is 2.33. The Hall–Kier alpha value is -3.92. The molecule has 0 atom stereocenters. The minimum absolute atomic E-state index is 0.126. The van der Waals surface area contributed by atoms with E-state index in [1.165, 1.54) is 12.3 Å². The second-order valence-corrected chi connectivity index (χ2v) is 8.44. The Labute approximate surface area is 193 Å². The van der Waals surface area contributed by atoms with Gasteiger partial charge < -0.3 is 10.3 Å². The zero-order valence-electron chi connectivity index (χ0n) is 18.1.